The van der Waals surface area contributed by atoms with Crippen molar-refractivity contribution >= 4 is 5.91 Å². The molecule has 1 aromatic carbocycles. The largest absolute Gasteiger partial charge is 0.382 e. The van der Waals surface area contributed by atoms with Crippen LogP contribution in [0.5, 0.6) is 0 Å². The maximum Gasteiger partial charge on any atom is 0.252 e. The highest BCUT2D eigenvalue weighted by Crippen LogP contribution is 2.30. The molecular weight excluding hydrogens is 353 g/mol. The van der Waals surface area contributed by atoms with Gasteiger partial charge in [0.2, 0.25) is 5.91 Å². The number of benzene rings is 1. The number of carbonyl (C=O) groups is 1. The van der Waals surface area contributed by atoms with Gasteiger partial charge in [-0.2, -0.15) is 4.98 Å². The van der Waals surface area contributed by atoms with E-state index in [0.29, 0.717) is 37.0 Å². The summed E-state index contributed by atoms with van der Waals surface area (Å²) in [6.07, 6.45) is 2.84. The predicted octanol–water partition coefficient (Wildman–Crippen LogP) is 2.67. The molecule has 0 bridgehead atoms. The van der Waals surface area contributed by atoms with E-state index in [0.717, 1.165) is 19.3 Å². The first-order valence-corrected chi connectivity index (χ1v) is 9.10. The van der Waals surface area contributed by atoms with Crippen molar-refractivity contribution in [1.29, 1.82) is 0 Å². The number of hydrogen-bond donors (Lipinski definition) is 0. The van der Waals surface area contributed by atoms with Gasteiger partial charge in [0.05, 0.1) is 25.7 Å². The predicted molar refractivity (Wildman–Crippen MR) is 94.2 cm³/mol. The fourth-order valence-corrected chi connectivity index (χ4v) is 3.19. The Hall–Kier alpha value is -2.32. The average molecular weight is 377 g/mol. The summed E-state index contributed by atoms with van der Waals surface area (Å²) in [4.78, 5) is 19.0. The summed E-state index contributed by atoms with van der Waals surface area (Å²) >= 11 is 0. The Morgan fingerprint density at radius 1 is 1.37 bits per heavy atom. The molecule has 0 aliphatic carbocycles. The molecule has 2 aromatic rings. The Balaban J connectivity index is 1.64. The number of piperidine rings is 1. The quantitative estimate of drug-likeness (QED) is 0.658. The van der Waals surface area contributed by atoms with Gasteiger partial charge >= 0.3 is 0 Å². The average Bonchev–Trinajstić information content (AvgIpc) is 3.14. The molecule has 1 fully saturated rings. The zero-order valence-electron chi connectivity index (χ0n) is 15.4. The first-order valence-electron chi connectivity index (χ1n) is 9.10. The summed E-state index contributed by atoms with van der Waals surface area (Å²) in [5.41, 5.74) is 0.657. The van der Waals surface area contributed by atoms with Gasteiger partial charge in [0.1, 0.15) is 12.4 Å². The lowest BCUT2D eigenvalue weighted by Crippen LogP contribution is -2.39. The molecule has 1 aliphatic rings. The number of likely N-dealkylation sites (tertiary alicyclic amines) is 1. The summed E-state index contributed by atoms with van der Waals surface area (Å²) in [6, 6.07) is 5.90. The molecule has 8 heteroatoms. The Morgan fingerprint density at radius 2 is 2.26 bits per heavy atom. The molecule has 7 nitrogen and oxygen atoms in total. The van der Waals surface area contributed by atoms with Gasteiger partial charge in [0.15, 0.2) is 5.82 Å². The molecule has 3 rings (SSSR count). The fraction of sp³-hybridized carbons (Fsp3) is 0.526. The third kappa shape index (κ3) is 5.33. The molecule has 0 radical (unpaired) electrons. The van der Waals surface area contributed by atoms with Gasteiger partial charge in [-0.1, -0.05) is 17.3 Å². The molecule has 1 saturated heterocycles. The molecule has 1 aliphatic heterocycles. The van der Waals surface area contributed by atoms with Crippen LogP contribution in [0.3, 0.4) is 0 Å². The third-order valence-electron chi connectivity index (χ3n) is 4.51. The second-order valence-corrected chi connectivity index (χ2v) is 6.50. The van der Waals surface area contributed by atoms with Crippen molar-refractivity contribution in [2.24, 2.45) is 0 Å². The van der Waals surface area contributed by atoms with E-state index in [1.165, 1.54) is 12.1 Å². The van der Waals surface area contributed by atoms with Crippen LogP contribution in [0.1, 0.15) is 42.6 Å². The lowest BCUT2D eigenvalue weighted by atomic mass is 10.00. The van der Waals surface area contributed by atoms with E-state index >= 15 is 0 Å². The molecule has 2 heterocycles. The van der Waals surface area contributed by atoms with Gasteiger partial charge in [0, 0.05) is 13.7 Å². The van der Waals surface area contributed by atoms with Crippen LogP contribution in [0.15, 0.2) is 28.8 Å². The molecule has 1 amide bonds. The van der Waals surface area contributed by atoms with Crippen molar-refractivity contribution in [3.63, 3.8) is 0 Å². The highest BCUT2D eigenvalue weighted by molar-refractivity contribution is 5.79. The zero-order chi connectivity index (χ0) is 19.1. The van der Waals surface area contributed by atoms with Crippen LogP contribution in [0, 0.1) is 5.82 Å². The van der Waals surface area contributed by atoms with Crippen LogP contribution in [-0.2, 0) is 27.3 Å². The molecule has 0 spiro atoms. The van der Waals surface area contributed by atoms with E-state index in [-0.39, 0.29) is 30.8 Å². The van der Waals surface area contributed by atoms with Crippen molar-refractivity contribution < 1.29 is 23.2 Å². The zero-order valence-corrected chi connectivity index (χ0v) is 15.4. The summed E-state index contributed by atoms with van der Waals surface area (Å²) < 4.78 is 28.9. The second kappa shape index (κ2) is 9.57. The van der Waals surface area contributed by atoms with Crippen LogP contribution in [0.2, 0.25) is 0 Å². The van der Waals surface area contributed by atoms with E-state index < -0.39 is 0 Å². The number of halogens is 1. The van der Waals surface area contributed by atoms with Crippen molar-refractivity contribution in [3.05, 3.63) is 47.4 Å². The number of ether oxygens (including phenoxy) is 2. The second-order valence-electron chi connectivity index (χ2n) is 6.50. The van der Waals surface area contributed by atoms with Crippen LogP contribution >= 0.6 is 0 Å². The van der Waals surface area contributed by atoms with Crippen LogP contribution in [-0.4, -0.2) is 47.8 Å². The number of carbonyl (C=O) groups excluding carboxylic acids is 1. The number of aromatic nitrogens is 2. The smallest absolute Gasteiger partial charge is 0.252 e. The highest BCUT2D eigenvalue weighted by atomic mass is 19.1. The lowest BCUT2D eigenvalue weighted by Gasteiger charge is -2.34. The third-order valence-corrected chi connectivity index (χ3v) is 4.51. The highest BCUT2D eigenvalue weighted by Gasteiger charge is 2.31. The molecule has 27 heavy (non-hydrogen) atoms. The van der Waals surface area contributed by atoms with E-state index in [9.17, 15) is 9.18 Å². The standard InChI is InChI=1S/C19H24FN3O4/c1-25-9-10-26-13-17-21-19(22-27-17)16-7-2-3-8-23(16)18(24)12-14-5-4-6-15(20)11-14/h4-6,11,16H,2-3,7-10,12-13H2,1H3. The Kier molecular flexibility index (Phi) is 6.89. The number of methoxy groups -OCH3 is 1. The van der Waals surface area contributed by atoms with Crippen molar-refractivity contribution in [1.82, 2.24) is 15.0 Å². The van der Waals surface area contributed by atoms with E-state index in [1.807, 2.05) is 0 Å². The number of hydrogen-bond acceptors (Lipinski definition) is 6. The summed E-state index contributed by atoms with van der Waals surface area (Å²) in [6.45, 7) is 1.77. The molecule has 0 saturated carbocycles. The normalized spacial score (nSPS) is 17.3. The number of amides is 1. The van der Waals surface area contributed by atoms with Crippen molar-refractivity contribution in [2.45, 2.75) is 38.3 Å². The fourth-order valence-electron chi connectivity index (χ4n) is 3.19. The van der Waals surface area contributed by atoms with Crippen LogP contribution in [0.25, 0.3) is 0 Å². The molecule has 0 N–H and O–H groups in total. The van der Waals surface area contributed by atoms with Gasteiger partial charge in [0.25, 0.3) is 5.89 Å². The molecule has 1 atom stereocenters. The maximum absolute atomic E-state index is 13.4. The molecular formula is C19H24FN3O4. The first-order chi connectivity index (χ1) is 13.2. The Labute approximate surface area is 157 Å². The van der Waals surface area contributed by atoms with Crippen LogP contribution in [0.4, 0.5) is 4.39 Å². The monoisotopic (exact) mass is 377 g/mol. The van der Waals surface area contributed by atoms with Crippen molar-refractivity contribution in [3.8, 4) is 0 Å². The van der Waals surface area contributed by atoms with E-state index in [2.05, 4.69) is 10.1 Å². The maximum atomic E-state index is 13.4. The van der Waals surface area contributed by atoms with Gasteiger partial charge in [-0.25, -0.2) is 4.39 Å². The summed E-state index contributed by atoms with van der Waals surface area (Å²) in [5.74, 6) is 0.469. The van der Waals surface area contributed by atoms with Gasteiger partial charge in [-0.3, -0.25) is 4.79 Å². The summed E-state index contributed by atoms with van der Waals surface area (Å²) in [7, 11) is 1.60. The van der Waals surface area contributed by atoms with E-state index in [4.69, 9.17) is 14.0 Å². The van der Waals surface area contributed by atoms with Crippen molar-refractivity contribution in [2.75, 3.05) is 26.9 Å². The number of rotatable bonds is 8. The topological polar surface area (TPSA) is 77.7 Å². The van der Waals surface area contributed by atoms with E-state index in [1.54, 1.807) is 24.1 Å². The minimum atomic E-state index is -0.341. The SMILES string of the molecule is COCCOCc1nc(C2CCCCN2C(=O)Cc2cccc(F)c2)no1. The van der Waals surface area contributed by atoms with Gasteiger partial charge < -0.3 is 18.9 Å². The van der Waals surface area contributed by atoms with Gasteiger partial charge in [-0.05, 0) is 37.0 Å². The molecule has 146 valence electrons. The minimum Gasteiger partial charge on any atom is -0.382 e. The van der Waals surface area contributed by atoms with Gasteiger partial charge in [-0.15, -0.1) is 0 Å². The summed E-state index contributed by atoms with van der Waals surface area (Å²) in [5, 5.41) is 4.04. The molecule has 1 aromatic heterocycles. The first kappa shape index (κ1) is 19.4. The van der Waals surface area contributed by atoms with Crippen LogP contribution < -0.4 is 0 Å². The molecule has 1 unspecified atom stereocenters. The minimum absolute atomic E-state index is 0.0620. The Morgan fingerprint density at radius 3 is 3.07 bits per heavy atom. The Bertz CT molecular complexity index is 752. The number of nitrogens with zero attached hydrogens (tertiary/aromatic N) is 3. The lowest BCUT2D eigenvalue weighted by molar-refractivity contribution is -0.134.